The van der Waals surface area contributed by atoms with Crippen LogP contribution in [0.4, 0.5) is 4.79 Å². The van der Waals surface area contributed by atoms with Crippen molar-refractivity contribution >= 4 is 17.6 Å². The summed E-state index contributed by atoms with van der Waals surface area (Å²) >= 11 is 0. The Balaban J connectivity index is 1.56. The number of carbonyl (C=O) groups is 1. The highest BCUT2D eigenvalue weighted by Gasteiger charge is 2.36. The van der Waals surface area contributed by atoms with Crippen molar-refractivity contribution < 1.29 is 9.90 Å². The van der Waals surface area contributed by atoms with E-state index in [1.165, 1.54) is 16.7 Å². The monoisotopic (exact) mass is 396 g/mol. The molecule has 2 atom stereocenters. The number of aryl methyl sites for hydroxylation is 2. The van der Waals surface area contributed by atoms with Gasteiger partial charge in [-0.25, -0.2) is 9.79 Å². The first kappa shape index (κ1) is 20.1. The van der Waals surface area contributed by atoms with E-state index < -0.39 is 0 Å². The summed E-state index contributed by atoms with van der Waals surface area (Å²) < 4.78 is 0. The third-order valence-corrected chi connectivity index (χ3v) is 6.71. The van der Waals surface area contributed by atoms with Gasteiger partial charge in [0.2, 0.25) is 0 Å². The van der Waals surface area contributed by atoms with E-state index in [2.05, 4.69) is 42.0 Å². The van der Waals surface area contributed by atoms with Gasteiger partial charge in [-0.05, 0) is 56.7 Å². The molecule has 1 aromatic rings. The van der Waals surface area contributed by atoms with Gasteiger partial charge in [0.15, 0.2) is 0 Å². The lowest BCUT2D eigenvalue weighted by Crippen LogP contribution is -2.52. The predicted octanol–water partition coefficient (Wildman–Crippen LogP) is 3.16. The third-order valence-electron chi connectivity index (χ3n) is 6.71. The number of benzene rings is 1. The van der Waals surface area contributed by atoms with Gasteiger partial charge in [-0.2, -0.15) is 0 Å². The van der Waals surface area contributed by atoms with Crippen molar-refractivity contribution in [3.05, 3.63) is 34.9 Å². The predicted molar refractivity (Wildman–Crippen MR) is 116 cm³/mol. The Hall–Kier alpha value is -2.21. The minimum Gasteiger partial charge on any atom is -0.393 e. The molecule has 2 amide bonds. The normalized spacial score (nSPS) is 25.8. The largest absolute Gasteiger partial charge is 0.393 e. The molecule has 0 spiro atoms. The summed E-state index contributed by atoms with van der Waals surface area (Å²) in [7, 11) is 0. The molecule has 2 fully saturated rings. The summed E-state index contributed by atoms with van der Waals surface area (Å²) in [6.45, 7) is 9.62. The lowest BCUT2D eigenvalue weighted by Gasteiger charge is -2.41. The van der Waals surface area contributed by atoms with Gasteiger partial charge in [0.25, 0.3) is 0 Å². The zero-order valence-electron chi connectivity index (χ0n) is 17.8. The molecule has 3 aliphatic rings. The van der Waals surface area contributed by atoms with E-state index in [1.807, 2.05) is 16.7 Å². The van der Waals surface area contributed by atoms with Gasteiger partial charge in [0.05, 0.1) is 12.6 Å². The van der Waals surface area contributed by atoms with Crippen LogP contribution in [0, 0.1) is 19.8 Å². The van der Waals surface area contributed by atoms with Crippen molar-refractivity contribution in [2.24, 2.45) is 15.9 Å². The van der Waals surface area contributed by atoms with Crippen LogP contribution >= 0.6 is 0 Å². The number of piperidine rings is 2. The van der Waals surface area contributed by atoms with Crippen LogP contribution in [0.15, 0.2) is 28.2 Å². The van der Waals surface area contributed by atoms with Crippen LogP contribution in [0.2, 0.25) is 0 Å². The molecule has 0 saturated carbocycles. The van der Waals surface area contributed by atoms with Crippen molar-refractivity contribution in [1.29, 1.82) is 0 Å². The molecule has 4 rings (SSSR count). The average Bonchev–Trinajstić information content (AvgIpc) is 3.16. The van der Waals surface area contributed by atoms with Gasteiger partial charge in [0.1, 0.15) is 5.84 Å². The fourth-order valence-corrected chi connectivity index (χ4v) is 4.71. The standard InChI is InChI=1S/C23H32N4O2/c1-15-4-5-18(10-16(15)2)19-11-20(22-12-24-17(3)25-22)14-27(13-19)23(29)26-8-6-21(28)7-9-26/h4-5,10,19-21,28H,6-9,11-14H2,1-3H3. The zero-order valence-corrected chi connectivity index (χ0v) is 17.8. The molecule has 1 aromatic carbocycles. The fourth-order valence-electron chi connectivity index (χ4n) is 4.71. The Morgan fingerprint density at radius 1 is 1.03 bits per heavy atom. The van der Waals surface area contributed by atoms with E-state index in [0.717, 1.165) is 24.5 Å². The SMILES string of the molecule is CC1=NCC(C2CC(c3ccc(C)c(C)c3)CN(C(=O)N3CCC(O)CC3)C2)=N1. The molecular weight excluding hydrogens is 364 g/mol. The number of hydrogen-bond donors (Lipinski definition) is 1. The number of rotatable bonds is 2. The number of aliphatic hydroxyl groups excluding tert-OH is 1. The molecule has 6 heteroatoms. The van der Waals surface area contributed by atoms with Crippen LogP contribution in [-0.4, -0.2) is 71.3 Å². The van der Waals surface area contributed by atoms with E-state index >= 15 is 0 Å². The quantitative estimate of drug-likeness (QED) is 0.834. The van der Waals surface area contributed by atoms with E-state index in [4.69, 9.17) is 0 Å². The van der Waals surface area contributed by atoms with Gasteiger partial charge < -0.3 is 14.9 Å². The number of hydrogen-bond acceptors (Lipinski definition) is 4. The second-order valence-corrected chi connectivity index (χ2v) is 8.85. The molecule has 29 heavy (non-hydrogen) atoms. The molecular formula is C23H32N4O2. The first-order chi connectivity index (χ1) is 13.9. The van der Waals surface area contributed by atoms with Crippen molar-refractivity contribution in [3.8, 4) is 0 Å². The number of amides is 2. The maximum absolute atomic E-state index is 13.3. The van der Waals surface area contributed by atoms with Crippen LogP contribution in [0.3, 0.4) is 0 Å². The van der Waals surface area contributed by atoms with Crippen LogP contribution in [0.1, 0.15) is 48.8 Å². The maximum Gasteiger partial charge on any atom is 0.320 e. The number of aliphatic hydroxyl groups is 1. The minimum atomic E-state index is -0.274. The Labute approximate surface area is 173 Å². The Bertz CT molecular complexity index is 839. The summed E-state index contributed by atoms with van der Waals surface area (Å²) in [5.74, 6) is 1.39. The molecule has 2 saturated heterocycles. The lowest BCUT2D eigenvalue weighted by atomic mass is 9.81. The fraction of sp³-hybridized carbons (Fsp3) is 0.609. The number of aliphatic imine (C=N–C) groups is 2. The summed E-state index contributed by atoms with van der Waals surface area (Å²) in [6.07, 6.45) is 2.07. The molecule has 2 unspecified atom stereocenters. The van der Waals surface area contributed by atoms with Gasteiger partial charge in [-0.3, -0.25) is 4.99 Å². The van der Waals surface area contributed by atoms with Crippen molar-refractivity contribution in [3.63, 3.8) is 0 Å². The summed E-state index contributed by atoms with van der Waals surface area (Å²) in [4.78, 5) is 26.3. The molecule has 3 aliphatic heterocycles. The van der Waals surface area contributed by atoms with Crippen LogP contribution < -0.4 is 0 Å². The first-order valence-electron chi connectivity index (χ1n) is 10.8. The van der Waals surface area contributed by atoms with E-state index in [9.17, 15) is 9.90 Å². The zero-order chi connectivity index (χ0) is 20.5. The van der Waals surface area contributed by atoms with E-state index in [-0.39, 0.29) is 18.1 Å². The van der Waals surface area contributed by atoms with Crippen molar-refractivity contribution in [2.45, 2.75) is 52.1 Å². The lowest BCUT2D eigenvalue weighted by molar-refractivity contribution is 0.0752. The molecule has 3 heterocycles. The highest BCUT2D eigenvalue weighted by atomic mass is 16.3. The Morgan fingerprint density at radius 2 is 1.76 bits per heavy atom. The average molecular weight is 397 g/mol. The number of carbonyl (C=O) groups excluding carboxylic acids is 1. The van der Waals surface area contributed by atoms with Crippen LogP contribution in [0.25, 0.3) is 0 Å². The van der Waals surface area contributed by atoms with Crippen molar-refractivity contribution in [2.75, 3.05) is 32.7 Å². The molecule has 1 N–H and O–H groups in total. The van der Waals surface area contributed by atoms with Gasteiger partial charge >= 0.3 is 6.03 Å². The molecule has 6 nitrogen and oxygen atoms in total. The van der Waals surface area contributed by atoms with Crippen LogP contribution in [-0.2, 0) is 0 Å². The van der Waals surface area contributed by atoms with Crippen LogP contribution in [0.5, 0.6) is 0 Å². The number of likely N-dealkylation sites (tertiary alicyclic amines) is 2. The Kier molecular flexibility index (Phi) is 5.72. The molecule has 0 radical (unpaired) electrons. The number of nitrogens with zero attached hydrogens (tertiary/aromatic N) is 4. The summed E-state index contributed by atoms with van der Waals surface area (Å²) in [6, 6.07) is 6.78. The highest BCUT2D eigenvalue weighted by Crippen LogP contribution is 2.33. The Morgan fingerprint density at radius 3 is 2.41 bits per heavy atom. The smallest absolute Gasteiger partial charge is 0.320 e. The summed E-state index contributed by atoms with van der Waals surface area (Å²) in [5, 5.41) is 9.79. The van der Waals surface area contributed by atoms with Crippen molar-refractivity contribution in [1.82, 2.24) is 9.80 Å². The second-order valence-electron chi connectivity index (χ2n) is 8.85. The van der Waals surface area contributed by atoms with Gasteiger partial charge in [0, 0.05) is 43.7 Å². The summed E-state index contributed by atoms with van der Waals surface area (Å²) in [5.41, 5.74) is 5.01. The highest BCUT2D eigenvalue weighted by molar-refractivity contribution is 6.04. The topological polar surface area (TPSA) is 68.5 Å². The molecule has 156 valence electrons. The second kappa shape index (κ2) is 8.27. The van der Waals surface area contributed by atoms with E-state index in [0.29, 0.717) is 44.9 Å². The number of amidine groups is 1. The molecule has 0 aliphatic carbocycles. The first-order valence-corrected chi connectivity index (χ1v) is 10.8. The maximum atomic E-state index is 13.3. The molecule has 0 aromatic heterocycles. The third kappa shape index (κ3) is 4.37. The van der Waals surface area contributed by atoms with E-state index in [1.54, 1.807) is 0 Å². The molecule has 0 bridgehead atoms. The van der Waals surface area contributed by atoms with Gasteiger partial charge in [-0.1, -0.05) is 18.2 Å². The minimum absolute atomic E-state index is 0.103. The van der Waals surface area contributed by atoms with Gasteiger partial charge in [-0.15, -0.1) is 0 Å². The number of urea groups is 1.